The molecular weight excluding hydrogens is 208 g/mol. The average molecular weight is 214 g/mol. The molecule has 6 heteroatoms. The number of carbonyl (C=O) groups is 1. The Morgan fingerprint density at radius 1 is 1.50 bits per heavy atom. The number of rotatable bonds is 2. The number of hydrogen-bond donors (Lipinski definition) is 1. The van der Waals surface area contributed by atoms with Crippen molar-refractivity contribution in [3.05, 3.63) is 42.0 Å². The van der Waals surface area contributed by atoms with Crippen molar-refractivity contribution in [3.63, 3.8) is 0 Å². The van der Waals surface area contributed by atoms with Crippen LogP contribution in [0.15, 0.2) is 30.9 Å². The van der Waals surface area contributed by atoms with Gasteiger partial charge in [-0.05, 0) is 6.07 Å². The molecule has 0 saturated carbocycles. The van der Waals surface area contributed by atoms with Crippen molar-refractivity contribution in [3.8, 4) is 11.8 Å². The lowest BCUT2D eigenvalue weighted by atomic mass is 10.2. The normalized spacial score (nSPS) is 9.69. The fourth-order valence-electron chi connectivity index (χ4n) is 1.23. The van der Waals surface area contributed by atoms with E-state index in [9.17, 15) is 4.79 Å². The van der Waals surface area contributed by atoms with Crippen LogP contribution in [0.2, 0.25) is 0 Å². The van der Waals surface area contributed by atoms with Gasteiger partial charge >= 0.3 is 5.97 Å². The van der Waals surface area contributed by atoms with E-state index in [-0.39, 0.29) is 5.56 Å². The van der Waals surface area contributed by atoms with E-state index in [0.717, 1.165) is 0 Å². The van der Waals surface area contributed by atoms with Crippen LogP contribution in [0.1, 0.15) is 15.9 Å². The molecule has 2 aromatic rings. The largest absolute Gasteiger partial charge is 0.478 e. The fourth-order valence-corrected chi connectivity index (χ4v) is 1.23. The molecule has 2 aromatic heterocycles. The van der Waals surface area contributed by atoms with Crippen LogP contribution >= 0.6 is 0 Å². The number of nitrogens with zero attached hydrogens (tertiary/aromatic N) is 4. The lowest BCUT2D eigenvalue weighted by Gasteiger charge is -2.01. The lowest BCUT2D eigenvalue weighted by Crippen LogP contribution is -1.99. The summed E-state index contributed by atoms with van der Waals surface area (Å²) in [5.74, 6) is -1.06. The summed E-state index contributed by atoms with van der Waals surface area (Å²) in [7, 11) is 0. The molecule has 6 nitrogen and oxygen atoms in total. The fraction of sp³-hybridized carbons (Fsp3) is 0. The van der Waals surface area contributed by atoms with Gasteiger partial charge in [0.05, 0.1) is 23.5 Å². The Bertz CT molecular complexity index is 583. The van der Waals surface area contributed by atoms with Crippen LogP contribution in [0.5, 0.6) is 0 Å². The minimum atomic E-state index is -1.06. The molecule has 78 valence electrons. The van der Waals surface area contributed by atoms with Gasteiger partial charge in [0, 0.05) is 12.4 Å². The first-order chi connectivity index (χ1) is 7.72. The predicted octanol–water partition coefficient (Wildman–Crippen LogP) is 0.837. The van der Waals surface area contributed by atoms with Crippen LogP contribution in [0.4, 0.5) is 0 Å². The van der Waals surface area contributed by atoms with Gasteiger partial charge < -0.3 is 5.11 Å². The summed E-state index contributed by atoms with van der Waals surface area (Å²) in [6.45, 7) is 0. The van der Waals surface area contributed by atoms with Crippen LogP contribution in [0.25, 0.3) is 5.69 Å². The standard InChI is InChI=1S/C10H6N4O2/c11-3-7-1-2-12-5-9(7)14-6-8(4-13-14)10(15)16/h1-2,4-6H,(H,15,16). The Morgan fingerprint density at radius 3 is 2.94 bits per heavy atom. The summed E-state index contributed by atoms with van der Waals surface area (Å²) in [5.41, 5.74) is 0.903. The van der Waals surface area contributed by atoms with E-state index >= 15 is 0 Å². The van der Waals surface area contributed by atoms with Gasteiger partial charge in [0.25, 0.3) is 0 Å². The van der Waals surface area contributed by atoms with Gasteiger partial charge in [-0.2, -0.15) is 10.4 Å². The van der Waals surface area contributed by atoms with Gasteiger partial charge in [-0.15, -0.1) is 0 Å². The number of nitriles is 1. The molecule has 0 radical (unpaired) electrons. The minimum absolute atomic E-state index is 0.0627. The molecule has 0 aliphatic rings. The lowest BCUT2D eigenvalue weighted by molar-refractivity contribution is 0.0697. The molecule has 0 unspecified atom stereocenters. The molecule has 16 heavy (non-hydrogen) atoms. The molecule has 0 aliphatic heterocycles. The number of hydrogen-bond acceptors (Lipinski definition) is 4. The highest BCUT2D eigenvalue weighted by molar-refractivity contribution is 5.87. The predicted molar refractivity (Wildman–Crippen MR) is 53.0 cm³/mol. The third-order valence-electron chi connectivity index (χ3n) is 2.00. The summed E-state index contributed by atoms with van der Waals surface area (Å²) in [6, 6.07) is 3.52. The second-order valence-electron chi connectivity index (χ2n) is 2.98. The summed E-state index contributed by atoms with van der Waals surface area (Å²) in [5, 5.41) is 21.5. The van der Waals surface area contributed by atoms with Gasteiger partial charge in [0.15, 0.2) is 0 Å². The van der Waals surface area contributed by atoms with Crippen LogP contribution in [-0.2, 0) is 0 Å². The van der Waals surface area contributed by atoms with E-state index in [1.54, 1.807) is 0 Å². The first kappa shape index (κ1) is 9.86. The van der Waals surface area contributed by atoms with Gasteiger partial charge in [-0.3, -0.25) is 4.98 Å². The molecule has 0 saturated heterocycles. The number of aromatic carboxylic acids is 1. The van der Waals surface area contributed by atoms with Crippen molar-refractivity contribution < 1.29 is 9.90 Å². The highest BCUT2D eigenvalue weighted by Crippen LogP contribution is 2.11. The second-order valence-corrected chi connectivity index (χ2v) is 2.98. The number of carboxylic acid groups (broad SMARTS) is 1. The van der Waals surface area contributed by atoms with Gasteiger partial charge in [0.2, 0.25) is 0 Å². The molecule has 1 N–H and O–H groups in total. The third kappa shape index (κ3) is 1.62. The SMILES string of the molecule is N#Cc1ccncc1-n1cc(C(=O)O)cn1. The maximum Gasteiger partial charge on any atom is 0.338 e. The molecule has 0 fully saturated rings. The maximum atomic E-state index is 10.7. The van der Waals surface area contributed by atoms with Crippen LogP contribution in [-0.4, -0.2) is 25.8 Å². The molecule has 2 rings (SSSR count). The van der Waals surface area contributed by atoms with Gasteiger partial charge in [-0.1, -0.05) is 0 Å². The smallest absolute Gasteiger partial charge is 0.338 e. The Labute approximate surface area is 90.4 Å². The van der Waals surface area contributed by atoms with E-state index in [1.807, 2.05) is 6.07 Å². The number of carboxylic acids is 1. The van der Waals surface area contributed by atoms with E-state index < -0.39 is 5.97 Å². The van der Waals surface area contributed by atoms with Crippen LogP contribution in [0, 0.1) is 11.3 Å². The van der Waals surface area contributed by atoms with Gasteiger partial charge in [0.1, 0.15) is 11.8 Å². The van der Waals surface area contributed by atoms with Crippen LogP contribution in [0.3, 0.4) is 0 Å². The molecule has 2 heterocycles. The van der Waals surface area contributed by atoms with Gasteiger partial charge in [-0.25, -0.2) is 9.48 Å². The quantitative estimate of drug-likeness (QED) is 0.799. The zero-order valence-corrected chi connectivity index (χ0v) is 8.03. The number of pyridine rings is 1. The second kappa shape index (κ2) is 3.82. The average Bonchev–Trinajstić information content (AvgIpc) is 2.78. The van der Waals surface area contributed by atoms with Crippen molar-refractivity contribution in [2.75, 3.05) is 0 Å². The minimum Gasteiger partial charge on any atom is -0.478 e. The zero-order chi connectivity index (χ0) is 11.5. The van der Waals surface area contributed by atoms with E-state index in [2.05, 4.69) is 10.1 Å². The molecule has 0 spiro atoms. The monoisotopic (exact) mass is 214 g/mol. The topological polar surface area (TPSA) is 91.8 Å². The Morgan fingerprint density at radius 2 is 2.31 bits per heavy atom. The van der Waals surface area contributed by atoms with Crippen molar-refractivity contribution in [1.82, 2.24) is 14.8 Å². The van der Waals surface area contributed by atoms with Crippen molar-refractivity contribution >= 4 is 5.97 Å². The molecular formula is C10H6N4O2. The molecule has 0 aliphatic carbocycles. The van der Waals surface area contributed by atoms with Crippen molar-refractivity contribution in [1.29, 1.82) is 5.26 Å². The van der Waals surface area contributed by atoms with E-state index in [4.69, 9.17) is 10.4 Å². The van der Waals surface area contributed by atoms with Crippen molar-refractivity contribution in [2.24, 2.45) is 0 Å². The highest BCUT2D eigenvalue weighted by atomic mass is 16.4. The Balaban J connectivity index is 2.51. The Kier molecular flexibility index (Phi) is 2.36. The molecule has 0 amide bonds. The number of aromatic nitrogens is 3. The van der Waals surface area contributed by atoms with E-state index in [1.165, 1.54) is 35.5 Å². The maximum absolute atomic E-state index is 10.7. The summed E-state index contributed by atoms with van der Waals surface area (Å²) >= 11 is 0. The summed E-state index contributed by atoms with van der Waals surface area (Å²) in [6.07, 6.45) is 5.50. The zero-order valence-electron chi connectivity index (χ0n) is 8.03. The van der Waals surface area contributed by atoms with Crippen LogP contribution < -0.4 is 0 Å². The third-order valence-corrected chi connectivity index (χ3v) is 2.00. The highest BCUT2D eigenvalue weighted by Gasteiger charge is 2.09. The first-order valence-corrected chi connectivity index (χ1v) is 4.35. The molecule has 0 bridgehead atoms. The first-order valence-electron chi connectivity index (χ1n) is 4.35. The Hall–Kier alpha value is -2.68. The van der Waals surface area contributed by atoms with Crippen molar-refractivity contribution in [2.45, 2.75) is 0 Å². The summed E-state index contributed by atoms with van der Waals surface area (Å²) in [4.78, 5) is 14.5. The summed E-state index contributed by atoms with van der Waals surface area (Å²) < 4.78 is 1.31. The molecule has 0 atom stereocenters. The molecule has 0 aromatic carbocycles. The van der Waals surface area contributed by atoms with E-state index in [0.29, 0.717) is 11.3 Å².